The number of hydrogen-bond acceptors (Lipinski definition) is 5. The number of benzene rings is 2. The Morgan fingerprint density at radius 2 is 1.89 bits per heavy atom. The summed E-state index contributed by atoms with van der Waals surface area (Å²) >= 11 is 6.10. The SMILES string of the molecule is C1CCNCC1.C=CC(=O)Nc1ccc(SN2CCc3cc(S)ccc32)cc1. The third-order valence-corrected chi connectivity index (χ3v) is 6.01. The second-order valence-electron chi connectivity index (χ2n) is 6.78. The number of nitrogens with one attached hydrogen (secondary N) is 2. The predicted octanol–water partition coefficient (Wildman–Crippen LogP) is 4.93. The normalized spacial score (nSPS) is 15.2. The third kappa shape index (κ3) is 6.06. The first kappa shape index (κ1) is 20.8. The van der Waals surface area contributed by atoms with Gasteiger partial charge in [-0.2, -0.15) is 0 Å². The lowest BCUT2D eigenvalue weighted by molar-refractivity contribution is -0.111. The van der Waals surface area contributed by atoms with E-state index in [1.165, 1.54) is 49.7 Å². The second kappa shape index (κ2) is 10.6. The van der Waals surface area contributed by atoms with Gasteiger partial charge < -0.3 is 14.9 Å². The van der Waals surface area contributed by atoms with E-state index < -0.39 is 0 Å². The fourth-order valence-electron chi connectivity index (χ4n) is 3.17. The van der Waals surface area contributed by atoms with E-state index in [9.17, 15) is 4.79 Å². The number of anilines is 2. The second-order valence-corrected chi connectivity index (χ2v) is 8.40. The van der Waals surface area contributed by atoms with E-state index in [4.69, 9.17) is 0 Å². The van der Waals surface area contributed by atoms with Crippen molar-refractivity contribution in [1.82, 2.24) is 5.32 Å². The molecule has 28 heavy (non-hydrogen) atoms. The Bertz CT molecular complexity index is 792. The molecule has 1 fully saturated rings. The molecule has 0 aliphatic carbocycles. The molecule has 6 heteroatoms. The number of carbonyl (C=O) groups excluding carboxylic acids is 1. The lowest BCUT2D eigenvalue weighted by Gasteiger charge is -2.18. The van der Waals surface area contributed by atoms with Crippen molar-refractivity contribution in [2.24, 2.45) is 0 Å². The van der Waals surface area contributed by atoms with Gasteiger partial charge in [0, 0.05) is 22.0 Å². The highest BCUT2D eigenvalue weighted by Gasteiger charge is 2.20. The molecular formula is C22H27N3OS2. The van der Waals surface area contributed by atoms with Gasteiger partial charge in [0.1, 0.15) is 0 Å². The van der Waals surface area contributed by atoms with Gasteiger partial charge in [-0.15, -0.1) is 12.6 Å². The zero-order chi connectivity index (χ0) is 19.8. The molecule has 148 valence electrons. The maximum atomic E-state index is 11.3. The van der Waals surface area contributed by atoms with Crippen LogP contribution in [0.15, 0.2) is 64.9 Å². The minimum Gasteiger partial charge on any atom is -0.323 e. The molecule has 2 aromatic rings. The van der Waals surface area contributed by atoms with Crippen LogP contribution in [0.2, 0.25) is 0 Å². The van der Waals surface area contributed by atoms with E-state index in [1.807, 2.05) is 30.3 Å². The maximum Gasteiger partial charge on any atom is 0.247 e. The Morgan fingerprint density at radius 3 is 2.50 bits per heavy atom. The van der Waals surface area contributed by atoms with Gasteiger partial charge in [-0.1, -0.05) is 13.0 Å². The summed E-state index contributed by atoms with van der Waals surface area (Å²) in [7, 11) is 0. The molecule has 0 atom stereocenters. The molecule has 0 spiro atoms. The zero-order valence-electron chi connectivity index (χ0n) is 16.0. The number of carbonyl (C=O) groups is 1. The van der Waals surface area contributed by atoms with Crippen LogP contribution in [-0.2, 0) is 11.2 Å². The van der Waals surface area contributed by atoms with Crippen LogP contribution in [0.1, 0.15) is 24.8 Å². The quantitative estimate of drug-likeness (QED) is 0.378. The van der Waals surface area contributed by atoms with E-state index in [0.29, 0.717) is 0 Å². The van der Waals surface area contributed by atoms with Crippen molar-refractivity contribution in [3.8, 4) is 0 Å². The van der Waals surface area contributed by atoms with E-state index >= 15 is 0 Å². The van der Waals surface area contributed by atoms with Crippen LogP contribution in [0.4, 0.5) is 11.4 Å². The molecule has 0 saturated carbocycles. The Kier molecular flexibility index (Phi) is 7.89. The lowest BCUT2D eigenvalue weighted by atomic mass is 10.2. The Morgan fingerprint density at radius 1 is 1.14 bits per heavy atom. The first-order valence-electron chi connectivity index (χ1n) is 9.67. The van der Waals surface area contributed by atoms with Crippen molar-refractivity contribution in [2.45, 2.75) is 35.5 Å². The summed E-state index contributed by atoms with van der Waals surface area (Å²) < 4.78 is 2.29. The summed E-state index contributed by atoms with van der Waals surface area (Å²) in [5.41, 5.74) is 3.37. The Balaban J connectivity index is 0.000000320. The zero-order valence-corrected chi connectivity index (χ0v) is 17.7. The molecule has 4 rings (SSSR count). The molecule has 4 nitrogen and oxygen atoms in total. The summed E-state index contributed by atoms with van der Waals surface area (Å²) in [6.45, 7) is 6.93. The molecule has 0 bridgehead atoms. The standard InChI is InChI=1S/C17H16N2OS2.C5H11N/c1-2-17(20)18-13-3-6-15(7-4-13)22-19-10-9-12-11-14(21)5-8-16(12)19;1-2-4-6-5-3-1/h2-8,11,21H,1,9-10H2,(H,18,20);6H,1-5H2. The minimum absolute atomic E-state index is 0.198. The largest absolute Gasteiger partial charge is 0.323 e. The lowest BCUT2D eigenvalue weighted by Crippen LogP contribution is -2.21. The van der Waals surface area contributed by atoms with Crippen LogP contribution in [0.5, 0.6) is 0 Å². The van der Waals surface area contributed by atoms with E-state index in [2.05, 4.69) is 46.3 Å². The molecule has 2 aromatic carbocycles. The van der Waals surface area contributed by atoms with Crippen LogP contribution in [0.25, 0.3) is 0 Å². The fourth-order valence-corrected chi connectivity index (χ4v) is 4.38. The first-order valence-corrected chi connectivity index (χ1v) is 10.9. The molecule has 2 aliphatic rings. The highest BCUT2D eigenvalue weighted by atomic mass is 32.2. The van der Waals surface area contributed by atoms with Crippen molar-refractivity contribution >= 4 is 41.9 Å². The number of piperidine rings is 1. The molecule has 2 N–H and O–H groups in total. The average molecular weight is 414 g/mol. The van der Waals surface area contributed by atoms with Crippen LogP contribution >= 0.6 is 24.6 Å². The minimum atomic E-state index is -0.198. The van der Waals surface area contributed by atoms with Gasteiger partial charge in [0.05, 0.1) is 5.69 Å². The highest BCUT2D eigenvalue weighted by Crippen LogP contribution is 2.37. The van der Waals surface area contributed by atoms with Crippen LogP contribution in [0.3, 0.4) is 0 Å². The number of fused-ring (bicyclic) bond motifs is 1. The van der Waals surface area contributed by atoms with Gasteiger partial charge >= 0.3 is 0 Å². The van der Waals surface area contributed by atoms with Gasteiger partial charge in [0.15, 0.2) is 0 Å². The Labute approximate surface area is 177 Å². The number of rotatable bonds is 4. The molecule has 1 saturated heterocycles. The van der Waals surface area contributed by atoms with Crippen molar-refractivity contribution in [3.63, 3.8) is 0 Å². The van der Waals surface area contributed by atoms with Crippen LogP contribution < -0.4 is 14.9 Å². The van der Waals surface area contributed by atoms with Gasteiger partial charge in [-0.3, -0.25) is 4.79 Å². The van der Waals surface area contributed by atoms with Crippen molar-refractivity contribution in [1.29, 1.82) is 0 Å². The van der Waals surface area contributed by atoms with Gasteiger partial charge in [0.25, 0.3) is 0 Å². The molecule has 1 amide bonds. The van der Waals surface area contributed by atoms with E-state index in [1.54, 1.807) is 11.9 Å². The molecule has 0 radical (unpaired) electrons. The van der Waals surface area contributed by atoms with Crippen LogP contribution in [-0.4, -0.2) is 25.5 Å². The van der Waals surface area contributed by atoms with Crippen molar-refractivity contribution in [3.05, 3.63) is 60.7 Å². The molecule has 0 unspecified atom stereocenters. The number of nitrogens with zero attached hydrogens (tertiary/aromatic N) is 1. The van der Waals surface area contributed by atoms with Gasteiger partial charge in [-0.25, -0.2) is 0 Å². The summed E-state index contributed by atoms with van der Waals surface area (Å²) in [5.74, 6) is -0.198. The molecule has 2 heterocycles. The Hall–Kier alpha value is -1.89. The summed E-state index contributed by atoms with van der Waals surface area (Å²) in [6, 6.07) is 14.1. The van der Waals surface area contributed by atoms with Crippen molar-refractivity contribution < 1.29 is 4.79 Å². The average Bonchev–Trinajstić information content (AvgIpc) is 3.13. The molecular weight excluding hydrogens is 386 g/mol. The summed E-state index contributed by atoms with van der Waals surface area (Å²) in [6.07, 6.45) is 6.52. The molecule has 0 aromatic heterocycles. The van der Waals surface area contributed by atoms with E-state index in [0.717, 1.165) is 28.4 Å². The first-order chi connectivity index (χ1) is 13.7. The number of amides is 1. The number of thiol groups is 1. The van der Waals surface area contributed by atoms with Crippen LogP contribution in [0, 0.1) is 0 Å². The highest BCUT2D eigenvalue weighted by molar-refractivity contribution is 8.00. The monoisotopic (exact) mass is 413 g/mol. The summed E-state index contributed by atoms with van der Waals surface area (Å²) in [5, 5.41) is 6.03. The van der Waals surface area contributed by atoms with Gasteiger partial charge in [0.2, 0.25) is 5.91 Å². The maximum absolute atomic E-state index is 11.3. The summed E-state index contributed by atoms with van der Waals surface area (Å²) in [4.78, 5) is 13.4. The third-order valence-electron chi connectivity index (χ3n) is 4.65. The van der Waals surface area contributed by atoms with Crippen molar-refractivity contribution in [2.75, 3.05) is 29.3 Å². The van der Waals surface area contributed by atoms with Gasteiger partial charge in [-0.05, 0) is 98.4 Å². The topological polar surface area (TPSA) is 44.4 Å². The number of hydrogen-bond donors (Lipinski definition) is 3. The van der Waals surface area contributed by atoms with E-state index in [-0.39, 0.29) is 5.91 Å². The predicted molar refractivity (Wildman–Crippen MR) is 123 cm³/mol. The smallest absolute Gasteiger partial charge is 0.247 e. The molecule has 2 aliphatic heterocycles. The fraction of sp³-hybridized carbons (Fsp3) is 0.318.